The molecule has 0 atom stereocenters. The number of anilines is 3. The zero-order valence-electron chi connectivity index (χ0n) is 20.3. The van der Waals surface area contributed by atoms with Gasteiger partial charge in [0.15, 0.2) is 0 Å². The van der Waals surface area contributed by atoms with E-state index in [1.165, 1.54) is 32.7 Å². The Hall–Kier alpha value is -4.12. The van der Waals surface area contributed by atoms with E-state index in [9.17, 15) is 0 Å². The molecule has 0 saturated heterocycles. The summed E-state index contributed by atoms with van der Waals surface area (Å²) >= 11 is 1.64. The Bertz CT molecular complexity index is 1480. The maximum Gasteiger partial charge on any atom is 0.131 e. The fourth-order valence-electron chi connectivity index (χ4n) is 4.74. The van der Waals surface area contributed by atoms with Gasteiger partial charge in [0, 0.05) is 32.2 Å². The van der Waals surface area contributed by atoms with Crippen LogP contribution in [0.2, 0.25) is 0 Å². The normalized spacial score (nSPS) is 12.7. The lowest BCUT2D eigenvalue weighted by molar-refractivity contribution is 0.662. The Balaban J connectivity index is 1.63. The molecule has 0 N–H and O–H groups in total. The van der Waals surface area contributed by atoms with Crippen molar-refractivity contribution < 1.29 is 0 Å². The van der Waals surface area contributed by atoms with Gasteiger partial charge in [-0.3, -0.25) is 0 Å². The van der Waals surface area contributed by atoms with Crippen molar-refractivity contribution in [1.82, 2.24) is 0 Å². The molecule has 0 unspecified atom stereocenters. The third-order valence-corrected chi connectivity index (χ3v) is 7.83. The SMILES string of the molecule is Cc1ccc(N(c2ccc(C)cc2)c2ccc3c(c2)C(C)(C)c2cc(C=C(C#N)C#N)sc2-3)cc1. The molecule has 1 heterocycles. The summed E-state index contributed by atoms with van der Waals surface area (Å²) in [5, 5.41) is 18.3. The second-order valence-electron chi connectivity index (χ2n) is 9.53. The van der Waals surface area contributed by atoms with E-state index in [2.05, 4.69) is 105 Å². The lowest BCUT2D eigenvalue weighted by Gasteiger charge is -2.28. The van der Waals surface area contributed by atoms with Crippen LogP contribution in [0.15, 0.2) is 78.4 Å². The van der Waals surface area contributed by atoms with Gasteiger partial charge in [-0.05, 0) is 79.1 Å². The first-order chi connectivity index (χ1) is 16.8. The lowest BCUT2D eigenvalue weighted by Crippen LogP contribution is -2.16. The van der Waals surface area contributed by atoms with Crippen molar-refractivity contribution in [3.05, 3.63) is 106 Å². The standard InChI is InChI=1S/C31H25N3S/c1-20-5-9-23(10-6-20)34(24-11-7-21(2)8-12-24)25-13-14-27-28(16-25)31(3,4)29-17-26(35-30(27)29)15-22(18-32)19-33/h5-17H,1-4H3. The fraction of sp³-hybridized carbons (Fsp3) is 0.161. The lowest BCUT2D eigenvalue weighted by atomic mass is 9.82. The van der Waals surface area contributed by atoms with Gasteiger partial charge in [-0.2, -0.15) is 10.5 Å². The molecule has 0 aliphatic heterocycles. The number of nitriles is 2. The molecule has 0 saturated carbocycles. The molecule has 4 aromatic rings. The predicted octanol–water partition coefficient (Wildman–Crippen LogP) is 8.57. The van der Waals surface area contributed by atoms with E-state index in [0.29, 0.717) is 0 Å². The van der Waals surface area contributed by atoms with Crippen molar-refractivity contribution in [2.45, 2.75) is 33.1 Å². The average molecular weight is 472 g/mol. The minimum atomic E-state index is -0.186. The van der Waals surface area contributed by atoms with Gasteiger partial charge in [-0.25, -0.2) is 0 Å². The smallest absolute Gasteiger partial charge is 0.131 e. The zero-order chi connectivity index (χ0) is 24.7. The van der Waals surface area contributed by atoms with E-state index in [4.69, 9.17) is 10.5 Å². The minimum Gasteiger partial charge on any atom is -0.310 e. The van der Waals surface area contributed by atoms with Crippen LogP contribution in [0, 0.1) is 36.5 Å². The number of rotatable bonds is 4. The van der Waals surface area contributed by atoms with Crippen molar-refractivity contribution in [3.8, 4) is 22.6 Å². The molecule has 0 bridgehead atoms. The van der Waals surface area contributed by atoms with Gasteiger partial charge in [0.25, 0.3) is 0 Å². The van der Waals surface area contributed by atoms with Crippen LogP contribution in [0.3, 0.4) is 0 Å². The van der Waals surface area contributed by atoms with Crippen molar-refractivity contribution in [1.29, 1.82) is 10.5 Å². The van der Waals surface area contributed by atoms with Crippen LogP contribution in [0.25, 0.3) is 16.5 Å². The molecule has 0 radical (unpaired) electrons. The van der Waals surface area contributed by atoms with Crippen LogP contribution < -0.4 is 4.90 Å². The Kier molecular flexibility index (Phi) is 5.56. The number of benzene rings is 3. The summed E-state index contributed by atoms with van der Waals surface area (Å²) in [6, 6.07) is 30.1. The summed E-state index contributed by atoms with van der Waals surface area (Å²) in [5.74, 6) is 0. The number of nitrogens with zero attached hydrogens (tertiary/aromatic N) is 3. The molecular weight excluding hydrogens is 446 g/mol. The van der Waals surface area contributed by atoms with Gasteiger partial charge in [-0.15, -0.1) is 11.3 Å². The summed E-state index contributed by atoms with van der Waals surface area (Å²) in [6.07, 6.45) is 1.68. The number of aryl methyl sites for hydroxylation is 2. The van der Waals surface area contributed by atoms with E-state index in [0.717, 1.165) is 21.9 Å². The third-order valence-electron chi connectivity index (χ3n) is 6.72. The summed E-state index contributed by atoms with van der Waals surface area (Å²) in [5.41, 5.74) is 9.54. The first-order valence-corrected chi connectivity index (χ1v) is 12.4. The molecule has 35 heavy (non-hydrogen) atoms. The molecule has 4 heteroatoms. The van der Waals surface area contributed by atoms with Crippen molar-refractivity contribution >= 4 is 34.5 Å². The first-order valence-electron chi connectivity index (χ1n) is 11.6. The molecule has 0 fully saturated rings. The molecule has 1 aromatic heterocycles. The summed E-state index contributed by atoms with van der Waals surface area (Å²) in [4.78, 5) is 4.47. The van der Waals surface area contributed by atoms with Gasteiger partial charge in [0.1, 0.15) is 17.7 Å². The van der Waals surface area contributed by atoms with Gasteiger partial charge in [0.2, 0.25) is 0 Å². The van der Waals surface area contributed by atoms with Crippen LogP contribution >= 0.6 is 11.3 Å². The minimum absolute atomic E-state index is 0.130. The Morgan fingerprint density at radius 2 is 1.31 bits per heavy atom. The first kappa shape index (κ1) is 22.7. The number of fused-ring (bicyclic) bond motifs is 3. The molecule has 3 aromatic carbocycles. The van der Waals surface area contributed by atoms with E-state index in [1.54, 1.807) is 17.4 Å². The molecule has 0 spiro atoms. The topological polar surface area (TPSA) is 50.8 Å². The molecule has 3 nitrogen and oxygen atoms in total. The summed E-state index contributed by atoms with van der Waals surface area (Å²) < 4.78 is 0. The largest absolute Gasteiger partial charge is 0.310 e. The van der Waals surface area contributed by atoms with Gasteiger partial charge in [-0.1, -0.05) is 55.3 Å². The van der Waals surface area contributed by atoms with Crippen LogP contribution in [0.5, 0.6) is 0 Å². The highest BCUT2D eigenvalue weighted by atomic mass is 32.1. The highest BCUT2D eigenvalue weighted by Crippen LogP contribution is 2.54. The van der Waals surface area contributed by atoms with E-state index in [1.807, 2.05) is 12.1 Å². The van der Waals surface area contributed by atoms with Crippen LogP contribution in [-0.4, -0.2) is 0 Å². The van der Waals surface area contributed by atoms with E-state index in [-0.39, 0.29) is 11.0 Å². The van der Waals surface area contributed by atoms with E-state index >= 15 is 0 Å². The van der Waals surface area contributed by atoms with E-state index < -0.39 is 0 Å². The van der Waals surface area contributed by atoms with Crippen molar-refractivity contribution in [3.63, 3.8) is 0 Å². The Morgan fingerprint density at radius 1 is 0.771 bits per heavy atom. The molecule has 1 aliphatic rings. The molecule has 1 aliphatic carbocycles. The number of allylic oxidation sites excluding steroid dienone is 1. The van der Waals surface area contributed by atoms with Crippen LogP contribution in [-0.2, 0) is 5.41 Å². The number of thiophene rings is 1. The van der Waals surface area contributed by atoms with Gasteiger partial charge < -0.3 is 4.90 Å². The number of hydrogen-bond acceptors (Lipinski definition) is 4. The quantitative estimate of drug-likeness (QED) is 0.280. The average Bonchev–Trinajstić information content (AvgIpc) is 3.37. The summed E-state index contributed by atoms with van der Waals surface area (Å²) in [7, 11) is 0. The molecule has 170 valence electrons. The highest BCUT2D eigenvalue weighted by Gasteiger charge is 2.37. The van der Waals surface area contributed by atoms with Gasteiger partial charge in [0.05, 0.1) is 0 Å². The van der Waals surface area contributed by atoms with Crippen molar-refractivity contribution in [2.75, 3.05) is 4.90 Å². The van der Waals surface area contributed by atoms with Crippen LogP contribution in [0.1, 0.15) is 41.0 Å². The predicted molar refractivity (Wildman–Crippen MR) is 145 cm³/mol. The molecule has 5 rings (SSSR count). The second kappa shape index (κ2) is 8.58. The zero-order valence-corrected chi connectivity index (χ0v) is 21.1. The van der Waals surface area contributed by atoms with Crippen molar-refractivity contribution in [2.24, 2.45) is 0 Å². The summed E-state index contributed by atoms with van der Waals surface area (Å²) in [6.45, 7) is 8.71. The Morgan fingerprint density at radius 3 is 1.86 bits per heavy atom. The number of hydrogen-bond donors (Lipinski definition) is 0. The maximum absolute atomic E-state index is 9.16. The second-order valence-corrected chi connectivity index (χ2v) is 10.6. The maximum atomic E-state index is 9.16. The van der Waals surface area contributed by atoms with Gasteiger partial charge >= 0.3 is 0 Å². The monoisotopic (exact) mass is 471 g/mol. The van der Waals surface area contributed by atoms with Crippen LogP contribution in [0.4, 0.5) is 17.1 Å². The molecule has 0 amide bonds. The molecular formula is C31H25N3S. The highest BCUT2D eigenvalue weighted by molar-refractivity contribution is 7.16. The third kappa shape index (κ3) is 3.93. The Labute approximate surface area is 210 Å². The fourth-order valence-corrected chi connectivity index (χ4v) is 6.04.